The zero-order valence-corrected chi connectivity index (χ0v) is 15.4. The van der Waals surface area contributed by atoms with E-state index in [1.165, 1.54) is 18.4 Å². The van der Waals surface area contributed by atoms with Gasteiger partial charge in [0, 0.05) is 31.5 Å². The van der Waals surface area contributed by atoms with Crippen molar-refractivity contribution in [2.75, 3.05) is 26.2 Å². The molecule has 2 fully saturated rings. The van der Waals surface area contributed by atoms with Gasteiger partial charge in [-0.3, -0.25) is 9.69 Å². The van der Waals surface area contributed by atoms with Gasteiger partial charge in [-0.05, 0) is 49.9 Å². The lowest BCUT2D eigenvalue weighted by molar-refractivity contribution is -0.139. The number of carbonyl (C=O) groups is 1. The fraction of sp³-hybridized carbons (Fsp3) is 0.500. The molecule has 1 amide bonds. The molecule has 1 atom stereocenters. The van der Waals surface area contributed by atoms with Crippen LogP contribution in [-0.2, 0) is 17.8 Å². The van der Waals surface area contributed by atoms with E-state index in [-0.39, 0.29) is 5.41 Å². The molecule has 0 saturated carbocycles. The van der Waals surface area contributed by atoms with Gasteiger partial charge in [-0.15, -0.1) is 0 Å². The third-order valence-corrected chi connectivity index (χ3v) is 5.96. The molecule has 0 N–H and O–H groups in total. The van der Waals surface area contributed by atoms with E-state index in [0.717, 1.165) is 51.3 Å². The lowest BCUT2D eigenvalue weighted by Gasteiger charge is -2.48. The lowest BCUT2D eigenvalue weighted by atomic mass is 9.73. The molecule has 0 unspecified atom stereocenters. The molecule has 0 bridgehead atoms. The standard InChI is InChI=1S/C22H28N2O2/c25-21-9-12-22(18-24(21)14-10-19-6-2-1-3-7-19)11-5-13-23(17-22)16-20-8-4-15-26-20/h1-4,6-8,15H,5,9-14,16-18H2/t22-/m0/s1. The van der Waals surface area contributed by atoms with Crippen LogP contribution in [0.15, 0.2) is 53.1 Å². The van der Waals surface area contributed by atoms with E-state index in [1.54, 1.807) is 6.26 Å². The first-order valence-electron chi connectivity index (χ1n) is 9.79. The maximum absolute atomic E-state index is 12.5. The molecule has 4 heteroatoms. The number of amides is 1. The van der Waals surface area contributed by atoms with Gasteiger partial charge in [-0.25, -0.2) is 0 Å². The van der Waals surface area contributed by atoms with Crippen molar-refractivity contribution in [1.29, 1.82) is 0 Å². The average molecular weight is 352 g/mol. The van der Waals surface area contributed by atoms with Crippen molar-refractivity contribution >= 4 is 5.91 Å². The largest absolute Gasteiger partial charge is 0.468 e. The van der Waals surface area contributed by atoms with Crippen LogP contribution in [0.3, 0.4) is 0 Å². The Morgan fingerprint density at radius 1 is 1.04 bits per heavy atom. The molecule has 1 spiro atoms. The molecule has 26 heavy (non-hydrogen) atoms. The minimum Gasteiger partial charge on any atom is -0.468 e. The fourth-order valence-electron chi connectivity index (χ4n) is 4.62. The third kappa shape index (κ3) is 4.01. The molecule has 1 aromatic heterocycles. The van der Waals surface area contributed by atoms with Gasteiger partial charge in [0.05, 0.1) is 12.8 Å². The Morgan fingerprint density at radius 3 is 2.73 bits per heavy atom. The predicted molar refractivity (Wildman–Crippen MR) is 102 cm³/mol. The van der Waals surface area contributed by atoms with Gasteiger partial charge in [0.25, 0.3) is 0 Å². The summed E-state index contributed by atoms with van der Waals surface area (Å²) < 4.78 is 5.53. The van der Waals surface area contributed by atoms with Crippen molar-refractivity contribution < 1.29 is 9.21 Å². The number of piperidine rings is 2. The molecule has 4 rings (SSSR count). The number of hydrogen-bond acceptors (Lipinski definition) is 3. The summed E-state index contributed by atoms with van der Waals surface area (Å²) in [6.07, 6.45) is 6.86. The maximum Gasteiger partial charge on any atom is 0.222 e. The number of furan rings is 1. The number of rotatable bonds is 5. The van der Waals surface area contributed by atoms with Crippen molar-refractivity contribution in [3.05, 3.63) is 60.1 Å². The SMILES string of the molecule is O=C1CC[C@]2(CCCN(Cc3ccco3)C2)CN1CCc1ccccc1. The maximum atomic E-state index is 12.5. The van der Waals surface area contributed by atoms with Gasteiger partial charge < -0.3 is 9.32 Å². The fourth-order valence-corrected chi connectivity index (χ4v) is 4.62. The zero-order chi connectivity index (χ0) is 17.8. The molecule has 0 radical (unpaired) electrons. The summed E-state index contributed by atoms with van der Waals surface area (Å²) >= 11 is 0. The minimum atomic E-state index is 0.259. The summed E-state index contributed by atoms with van der Waals surface area (Å²) in [4.78, 5) is 17.1. The van der Waals surface area contributed by atoms with Crippen LogP contribution in [0.5, 0.6) is 0 Å². The van der Waals surface area contributed by atoms with Gasteiger partial charge in [0.1, 0.15) is 5.76 Å². The molecular weight excluding hydrogens is 324 g/mol. The van der Waals surface area contributed by atoms with Crippen LogP contribution < -0.4 is 0 Å². The number of hydrogen-bond donors (Lipinski definition) is 0. The van der Waals surface area contributed by atoms with Crippen LogP contribution >= 0.6 is 0 Å². The Kier molecular flexibility index (Phi) is 5.11. The van der Waals surface area contributed by atoms with Gasteiger partial charge in [-0.2, -0.15) is 0 Å². The van der Waals surface area contributed by atoms with Crippen molar-refractivity contribution in [1.82, 2.24) is 9.80 Å². The van der Waals surface area contributed by atoms with Crippen LogP contribution in [0.2, 0.25) is 0 Å². The minimum absolute atomic E-state index is 0.259. The van der Waals surface area contributed by atoms with Crippen molar-refractivity contribution in [3.8, 4) is 0 Å². The van der Waals surface area contributed by atoms with Gasteiger partial charge in [0.15, 0.2) is 0 Å². The second-order valence-electron chi connectivity index (χ2n) is 7.94. The predicted octanol–water partition coefficient (Wildman–Crippen LogP) is 3.73. The summed E-state index contributed by atoms with van der Waals surface area (Å²) in [7, 11) is 0. The number of carbonyl (C=O) groups excluding carboxylic acids is 1. The molecule has 3 heterocycles. The molecule has 2 aliphatic heterocycles. The summed E-state index contributed by atoms with van der Waals surface area (Å²) in [5.74, 6) is 1.37. The first-order chi connectivity index (χ1) is 12.7. The first-order valence-corrected chi connectivity index (χ1v) is 9.79. The molecule has 1 aromatic carbocycles. The quantitative estimate of drug-likeness (QED) is 0.823. The van der Waals surface area contributed by atoms with E-state index in [1.807, 2.05) is 12.1 Å². The van der Waals surface area contributed by atoms with E-state index >= 15 is 0 Å². The highest BCUT2D eigenvalue weighted by Gasteiger charge is 2.41. The monoisotopic (exact) mass is 352 g/mol. The first kappa shape index (κ1) is 17.3. The number of likely N-dealkylation sites (tertiary alicyclic amines) is 2. The number of benzene rings is 1. The Morgan fingerprint density at radius 2 is 1.92 bits per heavy atom. The van der Waals surface area contributed by atoms with Crippen LogP contribution in [0.1, 0.15) is 37.0 Å². The zero-order valence-electron chi connectivity index (χ0n) is 15.4. The Balaban J connectivity index is 1.38. The second-order valence-corrected chi connectivity index (χ2v) is 7.94. The van der Waals surface area contributed by atoms with E-state index in [2.05, 4.69) is 40.1 Å². The third-order valence-electron chi connectivity index (χ3n) is 5.96. The Hall–Kier alpha value is -2.07. The molecular formula is C22H28N2O2. The summed E-state index contributed by atoms with van der Waals surface area (Å²) in [5.41, 5.74) is 1.57. The Labute approximate surface area is 155 Å². The molecule has 2 aromatic rings. The number of nitrogens with zero attached hydrogens (tertiary/aromatic N) is 2. The van der Waals surface area contributed by atoms with Crippen LogP contribution in [-0.4, -0.2) is 41.9 Å². The molecule has 2 aliphatic rings. The summed E-state index contributed by atoms with van der Waals surface area (Å²) in [6.45, 7) is 4.83. The second kappa shape index (κ2) is 7.67. The smallest absolute Gasteiger partial charge is 0.222 e. The van der Waals surface area contributed by atoms with E-state index in [4.69, 9.17) is 4.42 Å². The molecule has 4 nitrogen and oxygen atoms in total. The Bertz CT molecular complexity index is 713. The lowest BCUT2D eigenvalue weighted by Crippen LogP contribution is -2.54. The van der Waals surface area contributed by atoms with Gasteiger partial charge in [-0.1, -0.05) is 30.3 Å². The van der Waals surface area contributed by atoms with E-state index < -0.39 is 0 Å². The molecule has 2 saturated heterocycles. The van der Waals surface area contributed by atoms with Crippen LogP contribution in [0.4, 0.5) is 0 Å². The van der Waals surface area contributed by atoms with Crippen molar-refractivity contribution in [2.24, 2.45) is 5.41 Å². The van der Waals surface area contributed by atoms with E-state index in [0.29, 0.717) is 12.3 Å². The van der Waals surface area contributed by atoms with Gasteiger partial charge >= 0.3 is 0 Å². The highest BCUT2D eigenvalue weighted by molar-refractivity contribution is 5.77. The normalized spacial score (nSPS) is 24.3. The van der Waals surface area contributed by atoms with E-state index in [9.17, 15) is 4.79 Å². The van der Waals surface area contributed by atoms with Gasteiger partial charge in [0.2, 0.25) is 5.91 Å². The van der Waals surface area contributed by atoms with Crippen LogP contribution in [0, 0.1) is 5.41 Å². The summed E-state index contributed by atoms with van der Waals surface area (Å²) in [5, 5.41) is 0. The van der Waals surface area contributed by atoms with Crippen LogP contribution in [0.25, 0.3) is 0 Å². The van der Waals surface area contributed by atoms with Crippen molar-refractivity contribution in [3.63, 3.8) is 0 Å². The van der Waals surface area contributed by atoms with Crippen molar-refractivity contribution in [2.45, 2.75) is 38.6 Å². The average Bonchev–Trinajstić information content (AvgIpc) is 3.17. The topological polar surface area (TPSA) is 36.7 Å². The highest BCUT2D eigenvalue weighted by Crippen LogP contribution is 2.39. The molecule has 0 aliphatic carbocycles. The molecule has 138 valence electrons. The highest BCUT2D eigenvalue weighted by atomic mass is 16.3. The summed E-state index contributed by atoms with van der Waals surface area (Å²) in [6, 6.07) is 14.5.